The van der Waals surface area contributed by atoms with Gasteiger partial charge < -0.3 is 20.5 Å². The minimum atomic E-state index is -0.934. The Bertz CT molecular complexity index is 835. The molecule has 0 aliphatic carbocycles. The minimum Gasteiger partial charge on any atom is -0.496 e. The fourth-order valence-electron chi connectivity index (χ4n) is 2.08. The van der Waals surface area contributed by atoms with E-state index >= 15 is 0 Å². The molecular formula is C17H17N3O6. The van der Waals surface area contributed by atoms with E-state index in [2.05, 4.69) is 5.32 Å². The highest BCUT2D eigenvalue weighted by molar-refractivity contribution is 5.96. The average molecular weight is 359 g/mol. The Morgan fingerprint density at radius 1 is 1.15 bits per heavy atom. The van der Waals surface area contributed by atoms with Gasteiger partial charge in [-0.3, -0.25) is 19.7 Å². The van der Waals surface area contributed by atoms with Crippen LogP contribution in [-0.4, -0.2) is 30.0 Å². The molecule has 2 amide bonds. The number of nitrogens with one attached hydrogen (secondary N) is 1. The summed E-state index contributed by atoms with van der Waals surface area (Å²) in [7, 11) is 1.39. The Kier molecular flexibility index (Phi) is 5.74. The number of nitrogens with zero attached hydrogens (tertiary/aromatic N) is 1. The number of anilines is 1. The van der Waals surface area contributed by atoms with Crippen LogP contribution in [0.1, 0.15) is 17.3 Å². The number of nitrogens with two attached hydrogens (primary N) is 1. The standard InChI is InChI=1S/C17H17N3O6/c1-10(26-12-5-3-11(4-6-12)16(18)21)17(22)19-14-8-7-13(25-2)9-15(14)20(23)24/h3-10H,1-2H3,(H2,18,21)(H,19,22)/t10-/m0/s1. The number of rotatable bonds is 7. The van der Waals surface area contributed by atoms with Gasteiger partial charge in [0.05, 0.1) is 18.1 Å². The number of methoxy groups -OCH3 is 1. The number of carbonyl (C=O) groups is 2. The van der Waals surface area contributed by atoms with E-state index < -0.39 is 22.8 Å². The van der Waals surface area contributed by atoms with Crippen molar-refractivity contribution in [2.45, 2.75) is 13.0 Å². The highest BCUT2D eigenvalue weighted by Crippen LogP contribution is 2.29. The normalized spacial score (nSPS) is 11.3. The van der Waals surface area contributed by atoms with Crippen LogP contribution in [0.15, 0.2) is 42.5 Å². The molecule has 0 aliphatic heterocycles. The maximum atomic E-state index is 12.3. The van der Waals surface area contributed by atoms with E-state index in [-0.39, 0.29) is 11.4 Å². The first kappa shape index (κ1) is 18.7. The van der Waals surface area contributed by atoms with Crippen molar-refractivity contribution < 1.29 is 24.0 Å². The lowest BCUT2D eigenvalue weighted by Crippen LogP contribution is -2.30. The number of hydrogen-bond donors (Lipinski definition) is 2. The van der Waals surface area contributed by atoms with E-state index in [1.807, 2.05) is 0 Å². The second kappa shape index (κ2) is 7.97. The van der Waals surface area contributed by atoms with Crippen LogP contribution in [0, 0.1) is 10.1 Å². The molecule has 2 aromatic rings. The number of benzene rings is 2. The summed E-state index contributed by atoms with van der Waals surface area (Å²) < 4.78 is 10.4. The molecule has 0 unspecified atom stereocenters. The lowest BCUT2D eigenvalue weighted by Gasteiger charge is -2.15. The van der Waals surface area contributed by atoms with Crippen molar-refractivity contribution in [2.24, 2.45) is 5.73 Å². The van der Waals surface area contributed by atoms with Crippen molar-refractivity contribution >= 4 is 23.2 Å². The molecule has 0 saturated heterocycles. The van der Waals surface area contributed by atoms with Crippen LogP contribution in [0.2, 0.25) is 0 Å². The van der Waals surface area contributed by atoms with Crippen molar-refractivity contribution in [2.75, 3.05) is 12.4 Å². The number of ether oxygens (including phenoxy) is 2. The van der Waals surface area contributed by atoms with Gasteiger partial charge in [-0.15, -0.1) is 0 Å². The molecule has 3 N–H and O–H groups in total. The summed E-state index contributed by atoms with van der Waals surface area (Å²) in [5.41, 5.74) is 5.19. The van der Waals surface area contributed by atoms with Gasteiger partial charge in [0.1, 0.15) is 17.2 Å². The summed E-state index contributed by atoms with van der Waals surface area (Å²) in [6, 6.07) is 10.0. The lowest BCUT2D eigenvalue weighted by atomic mass is 10.2. The summed E-state index contributed by atoms with van der Waals surface area (Å²) in [6.07, 6.45) is -0.934. The van der Waals surface area contributed by atoms with Crippen molar-refractivity contribution in [1.82, 2.24) is 0 Å². The number of amides is 2. The Morgan fingerprint density at radius 3 is 2.31 bits per heavy atom. The zero-order valence-corrected chi connectivity index (χ0v) is 14.1. The fraction of sp³-hybridized carbons (Fsp3) is 0.176. The number of hydrogen-bond acceptors (Lipinski definition) is 6. The Morgan fingerprint density at radius 2 is 1.77 bits per heavy atom. The van der Waals surface area contributed by atoms with Crippen LogP contribution < -0.4 is 20.5 Å². The third-order valence-corrected chi connectivity index (χ3v) is 3.48. The molecule has 2 aromatic carbocycles. The van der Waals surface area contributed by atoms with E-state index in [1.54, 1.807) is 0 Å². The molecule has 0 aliphatic rings. The minimum absolute atomic E-state index is 0.0281. The van der Waals surface area contributed by atoms with E-state index in [0.717, 1.165) is 0 Å². The van der Waals surface area contributed by atoms with Crippen LogP contribution in [0.5, 0.6) is 11.5 Å². The molecule has 0 heterocycles. The summed E-state index contributed by atoms with van der Waals surface area (Å²) in [4.78, 5) is 33.8. The molecule has 26 heavy (non-hydrogen) atoms. The SMILES string of the molecule is COc1ccc(NC(=O)[C@H](C)Oc2ccc(C(N)=O)cc2)c([N+](=O)[O-])c1. The number of nitro groups is 1. The number of primary amides is 1. The molecule has 0 bridgehead atoms. The van der Waals surface area contributed by atoms with E-state index in [9.17, 15) is 19.7 Å². The summed E-state index contributed by atoms with van der Waals surface area (Å²) in [5, 5.41) is 13.6. The molecule has 2 rings (SSSR count). The molecule has 0 saturated carbocycles. The van der Waals surface area contributed by atoms with Gasteiger partial charge in [-0.05, 0) is 43.3 Å². The molecule has 0 fully saturated rings. The van der Waals surface area contributed by atoms with Gasteiger partial charge in [-0.2, -0.15) is 0 Å². The molecule has 136 valence electrons. The van der Waals surface area contributed by atoms with Gasteiger partial charge in [-0.25, -0.2) is 0 Å². The predicted molar refractivity (Wildman–Crippen MR) is 93.3 cm³/mol. The summed E-state index contributed by atoms with van der Waals surface area (Å²) in [6.45, 7) is 1.49. The van der Waals surface area contributed by atoms with Crippen molar-refractivity contribution in [3.05, 3.63) is 58.1 Å². The van der Waals surface area contributed by atoms with Gasteiger partial charge in [0.25, 0.3) is 11.6 Å². The quantitative estimate of drug-likeness (QED) is 0.574. The Hall–Kier alpha value is -3.62. The molecule has 0 spiro atoms. The second-order valence-corrected chi connectivity index (χ2v) is 5.28. The molecule has 0 aromatic heterocycles. The van der Waals surface area contributed by atoms with Crippen LogP contribution in [0.3, 0.4) is 0 Å². The van der Waals surface area contributed by atoms with Crippen LogP contribution in [0.25, 0.3) is 0 Å². The summed E-state index contributed by atoms with van der Waals surface area (Å²) in [5.74, 6) is -0.498. The van der Waals surface area contributed by atoms with Gasteiger partial charge in [0, 0.05) is 5.56 Å². The molecule has 9 heteroatoms. The monoisotopic (exact) mass is 359 g/mol. The zero-order chi connectivity index (χ0) is 19.3. The molecule has 1 atom stereocenters. The third kappa shape index (κ3) is 4.47. The second-order valence-electron chi connectivity index (χ2n) is 5.28. The maximum absolute atomic E-state index is 12.3. The van der Waals surface area contributed by atoms with Crippen molar-refractivity contribution in [3.8, 4) is 11.5 Å². The zero-order valence-electron chi connectivity index (χ0n) is 14.1. The van der Waals surface area contributed by atoms with E-state index in [4.69, 9.17) is 15.2 Å². The van der Waals surface area contributed by atoms with Gasteiger partial charge in [0.15, 0.2) is 6.10 Å². The van der Waals surface area contributed by atoms with Crippen molar-refractivity contribution in [1.29, 1.82) is 0 Å². The Balaban J connectivity index is 2.09. The highest BCUT2D eigenvalue weighted by Gasteiger charge is 2.21. The molecule has 0 radical (unpaired) electrons. The maximum Gasteiger partial charge on any atom is 0.296 e. The average Bonchev–Trinajstić information content (AvgIpc) is 2.62. The first-order valence-corrected chi connectivity index (χ1v) is 7.51. The number of nitro benzene ring substituents is 1. The first-order chi connectivity index (χ1) is 12.3. The van der Waals surface area contributed by atoms with Gasteiger partial charge in [0.2, 0.25) is 5.91 Å². The summed E-state index contributed by atoms with van der Waals surface area (Å²) >= 11 is 0. The van der Waals surface area contributed by atoms with Crippen LogP contribution in [0.4, 0.5) is 11.4 Å². The largest absolute Gasteiger partial charge is 0.496 e. The van der Waals surface area contributed by atoms with Gasteiger partial charge >= 0.3 is 0 Å². The smallest absolute Gasteiger partial charge is 0.296 e. The van der Waals surface area contributed by atoms with Crippen molar-refractivity contribution in [3.63, 3.8) is 0 Å². The van der Waals surface area contributed by atoms with E-state index in [0.29, 0.717) is 17.1 Å². The first-order valence-electron chi connectivity index (χ1n) is 7.51. The van der Waals surface area contributed by atoms with E-state index in [1.165, 1.54) is 56.5 Å². The van der Waals surface area contributed by atoms with Crippen LogP contribution in [-0.2, 0) is 4.79 Å². The fourth-order valence-corrected chi connectivity index (χ4v) is 2.08. The molecule has 9 nitrogen and oxygen atoms in total. The predicted octanol–water partition coefficient (Wildman–Crippen LogP) is 2.11. The molecular weight excluding hydrogens is 342 g/mol. The number of carbonyl (C=O) groups excluding carboxylic acids is 2. The highest BCUT2D eigenvalue weighted by atomic mass is 16.6. The Labute approximate surface area is 148 Å². The topological polar surface area (TPSA) is 134 Å². The third-order valence-electron chi connectivity index (χ3n) is 3.48. The lowest BCUT2D eigenvalue weighted by molar-refractivity contribution is -0.384. The van der Waals surface area contributed by atoms with Gasteiger partial charge in [-0.1, -0.05) is 0 Å². The van der Waals surface area contributed by atoms with Crippen LogP contribution >= 0.6 is 0 Å².